The minimum absolute atomic E-state index is 0.0402. The largest absolute Gasteiger partial charge is 0.466 e. The van der Waals surface area contributed by atoms with Crippen molar-refractivity contribution in [2.75, 3.05) is 26.2 Å². The molecule has 1 heterocycles. The van der Waals surface area contributed by atoms with E-state index in [9.17, 15) is 9.59 Å². The molecule has 5 heteroatoms. The number of rotatable bonds is 5. The molecule has 0 aromatic rings. The molecule has 1 saturated heterocycles. The van der Waals surface area contributed by atoms with Gasteiger partial charge in [-0.05, 0) is 26.3 Å². The van der Waals surface area contributed by atoms with Crippen LogP contribution in [-0.2, 0) is 14.3 Å². The lowest BCUT2D eigenvalue weighted by molar-refractivity contribution is -0.149. The van der Waals surface area contributed by atoms with E-state index in [2.05, 4.69) is 4.90 Å². The Hall–Kier alpha value is -1.10. The summed E-state index contributed by atoms with van der Waals surface area (Å²) in [4.78, 5) is 24.3. The maximum atomic E-state index is 11.5. The number of hydrogen-bond donors (Lipinski definition) is 1. The Bertz CT molecular complexity index is 256. The highest BCUT2D eigenvalue weighted by molar-refractivity contribution is 5.74. The summed E-state index contributed by atoms with van der Waals surface area (Å²) >= 11 is 0. The number of piperidine rings is 1. The molecule has 0 bridgehead atoms. The van der Waals surface area contributed by atoms with Crippen molar-refractivity contribution in [2.24, 2.45) is 11.7 Å². The Labute approximate surface area is 95.9 Å². The van der Waals surface area contributed by atoms with E-state index in [1.165, 1.54) is 0 Å². The minimum atomic E-state index is -0.293. The van der Waals surface area contributed by atoms with Crippen LogP contribution in [0, 0.1) is 5.92 Å². The quantitative estimate of drug-likeness (QED) is 0.679. The van der Waals surface area contributed by atoms with Gasteiger partial charge in [-0.3, -0.25) is 9.59 Å². The predicted molar refractivity (Wildman–Crippen MR) is 59.6 cm³/mol. The SMILES string of the molecule is CCOC(=O)[C@H]1CCCN(CCC(N)=O)C1. The molecule has 5 nitrogen and oxygen atoms in total. The maximum absolute atomic E-state index is 11.5. The van der Waals surface area contributed by atoms with Gasteiger partial charge in [0.2, 0.25) is 5.91 Å². The molecule has 16 heavy (non-hydrogen) atoms. The molecule has 0 spiro atoms. The van der Waals surface area contributed by atoms with Crippen LogP contribution < -0.4 is 5.73 Å². The molecule has 0 aromatic heterocycles. The standard InChI is InChI=1S/C11H20N2O3/c1-2-16-11(15)9-4-3-6-13(8-9)7-5-10(12)14/h9H,2-8H2,1H3,(H2,12,14)/t9-/m0/s1. The summed E-state index contributed by atoms with van der Waals surface area (Å²) in [6, 6.07) is 0. The van der Waals surface area contributed by atoms with Crippen molar-refractivity contribution in [3.8, 4) is 0 Å². The van der Waals surface area contributed by atoms with E-state index in [0.717, 1.165) is 19.4 Å². The Balaban J connectivity index is 2.34. The van der Waals surface area contributed by atoms with Gasteiger partial charge in [-0.1, -0.05) is 0 Å². The van der Waals surface area contributed by atoms with Crippen LogP contribution in [-0.4, -0.2) is 43.0 Å². The molecule has 0 radical (unpaired) electrons. The fourth-order valence-electron chi connectivity index (χ4n) is 1.98. The summed E-state index contributed by atoms with van der Waals surface area (Å²) < 4.78 is 5.00. The summed E-state index contributed by atoms with van der Waals surface area (Å²) in [5.41, 5.74) is 5.09. The highest BCUT2D eigenvalue weighted by Crippen LogP contribution is 2.17. The lowest BCUT2D eigenvalue weighted by atomic mass is 9.98. The zero-order valence-electron chi connectivity index (χ0n) is 9.78. The summed E-state index contributed by atoms with van der Waals surface area (Å²) in [6.07, 6.45) is 2.21. The molecule has 1 aliphatic heterocycles. The van der Waals surface area contributed by atoms with Gasteiger partial charge in [0.25, 0.3) is 0 Å². The number of nitrogens with zero attached hydrogens (tertiary/aromatic N) is 1. The molecule has 92 valence electrons. The lowest BCUT2D eigenvalue weighted by Gasteiger charge is -2.31. The number of esters is 1. The Morgan fingerprint density at radius 2 is 2.25 bits per heavy atom. The molecule has 1 atom stereocenters. The van der Waals surface area contributed by atoms with Crippen LogP contribution in [0.25, 0.3) is 0 Å². The van der Waals surface area contributed by atoms with Crippen molar-refractivity contribution >= 4 is 11.9 Å². The number of carbonyl (C=O) groups excluding carboxylic acids is 2. The molecule has 2 N–H and O–H groups in total. The van der Waals surface area contributed by atoms with Crippen LogP contribution in [0.5, 0.6) is 0 Å². The van der Waals surface area contributed by atoms with Gasteiger partial charge in [-0.25, -0.2) is 0 Å². The average molecular weight is 228 g/mol. The first-order valence-corrected chi connectivity index (χ1v) is 5.80. The first-order chi connectivity index (χ1) is 7.63. The van der Waals surface area contributed by atoms with Gasteiger partial charge < -0.3 is 15.4 Å². The molecule has 0 saturated carbocycles. The van der Waals surface area contributed by atoms with Crippen LogP contribution in [0.3, 0.4) is 0 Å². The minimum Gasteiger partial charge on any atom is -0.466 e. The number of carbonyl (C=O) groups is 2. The normalized spacial score (nSPS) is 21.7. The van der Waals surface area contributed by atoms with Crippen LogP contribution in [0.4, 0.5) is 0 Å². The molecular weight excluding hydrogens is 208 g/mol. The van der Waals surface area contributed by atoms with Gasteiger partial charge in [0, 0.05) is 19.5 Å². The summed E-state index contributed by atoms with van der Waals surface area (Å²) in [6.45, 7) is 4.50. The van der Waals surface area contributed by atoms with Gasteiger partial charge in [0.15, 0.2) is 0 Å². The zero-order valence-corrected chi connectivity index (χ0v) is 9.78. The number of hydrogen-bond acceptors (Lipinski definition) is 4. The fourth-order valence-corrected chi connectivity index (χ4v) is 1.98. The topological polar surface area (TPSA) is 72.6 Å². The van der Waals surface area contributed by atoms with Crippen molar-refractivity contribution in [1.82, 2.24) is 4.90 Å². The third-order valence-electron chi connectivity index (χ3n) is 2.80. The van der Waals surface area contributed by atoms with Crippen LogP contribution in [0.15, 0.2) is 0 Å². The molecule has 1 aliphatic rings. The van der Waals surface area contributed by atoms with Crippen LogP contribution >= 0.6 is 0 Å². The first kappa shape index (κ1) is 13.0. The van der Waals surface area contributed by atoms with Crippen molar-refractivity contribution in [1.29, 1.82) is 0 Å². The molecular formula is C11H20N2O3. The third kappa shape index (κ3) is 4.18. The molecule has 0 unspecified atom stereocenters. The molecule has 1 fully saturated rings. The highest BCUT2D eigenvalue weighted by atomic mass is 16.5. The zero-order chi connectivity index (χ0) is 12.0. The monoisotopic (exact) mass is 228 g/mol. The van der Waals surface area contributed by atoms with Crippen molar-refractivity contribution < 1.29 is 14.3 Å². The summed E-state index contributed by atoms with van der Waals surface area (Å²) in [7, 11) is 0. The van der Waals surface area contributed by atoms with Gasteiger partial charge in [0.1, 0.15) is 0 Å². The maximum Gasteiger partial charge on any atom is 0.310 e. The Morgan fingerprint density at radius 1 is 1.50 bits per heavy atom. The van der Waals surface area contributed by atoms with Crippen molar-refractivity contribution in [3.63, 3.8) is 0 Å². The van der Waals surface area contributed by atoms with Gasteiger partial charge in [-0.2, -0.15) is 0 Å². The second-order valence-corrected chi connectivity index (χ2v) is 4.11. The highest BCUT2D eigenvalue weighted by Gasteiger charge is 2.26. The first-order valence-electron chi connectivity index (χ1n) is 5.80. The third-order valence-corrected chi connectivity index (χ3v) is 2.80. The number of ether oxygens (including phenoxy) is 1. The second-order valence-electron chi connectivity index (χ2n) is 4.11. The summed E-state index contributed by atoms with van der Waals surface area (Å²) in [5, 5.41) is 0. The van der Waals surface area contributed by atoms with E-state index < -0.39 is 0 Å². The molecule has 0 aliphatic carbocycles. The van der Waals surface area contributed by atoms with Crippen LogP contribution in [0.1, 0.15) is 26.2 Å². The van der Waals surface area contributed by atoms with Gasteiger partial charge in [-0.15, -0.1) is 0 Å². The smallest absolute Gasteiger partial charge is 0.310 e. The van der Waals surface area contributed by atoms with Crippen molar-refractivity contribution in [3.05, 3.63) is 0 Å². The number of nitrogens with two attached hydrogens (primary N) is 1. The average Bonchev–Trinajstić information content (AvgIpc) is 2.27. The van der Waals surface area contributed by atoms with E-state index in [0.29, 0.717) is 26.1 Å². The number of amides is 1. The fraction of sp³-hybridized carbons (Fsp3) is 0.818. The van der Waals surface area contributed by atoms with E-state index in [1.54, 1.807) is 0 Å². The molecule has 1 rings (SSSR count). The van der Waals surface area contributed by atoms with Crippen molar-refractivity contribution in [2.45, 2.75) is 26.2 Å². The van der Waals surface area contributed by atoms with Gasteiger partial charge >= 0.3 is 5.97 Å². The number of primary amides is 1. The second kappa shape index (κ2) is 6.48. The van der Waals surface area contributed by atoms with E-state index >= 15 is 0 Å². The summed E-state index contributed by atoms with van der Waals surface area (Å²) in [5.74, 6) is -0.453. The predicted octanol–water partition coefficient (Wildman–Crippen LogP) is 0.137. The van der Waals surface area contributed by atoms with Gasteiger partial charge in [0.05, 0.1) is 12.5 Å². The lowest BCUT2D eigenvalue weighted by Crippen LogP contribution is -2.40. The van der Waals surface area contributed by atoms with Crippen LogP contribution in [0.2, 0.25) is 0 Å². The molecule has 0 aromatic carbocycles. The Morgan fingerprint density at radius 3 is 2.88 bits per heavy atom. The van der Waals surface area contributed by atoms with E-state index in [1.807, 2.05) is 6.92 Å². The Kier molecular flexibility index (Phi) is 5.25. The van der Waals surface area contributed by atoms with E-state index in [4.69, 9.17) is 10.5 Å². The van der Waals surface area contributed by atoms with E-state index in [-0.39, 0.29) is 17.8 Å². The molecule has 1 amide bonds. The number of likely N-dealkylation sites (tertiary alicyclic amines) is 1.